The van der Waals surface area contributed by atoms with Gasteiger partial charge in [0.15, 0.2) is 0 Å². The molecule has 2 aromatic rings. The second-order valence-corrected chi connectivity index (χ2v) is 4.00. The summed E-state index contributed by atoms with van der Waals surface area (Å²) in [5, 5.41) is 0. The van der Waals surface area contributed by atoms with E-state index in [1.165, 1.54) is 5.56 Å². The van der Waals surface area contributed by atoms with Crippen LogP contribution in [0.1, 0.15) is 5.56 Å². The van der Waals surface area contributed by atoms with Crippen molar-refractivity contribution in [2.45, 2.75) is 6.54 Å². The first-order valence-electron chi connectivity index (χ1n) is 5.44. The molecule has 3 heteroatoms. The highest BCUT2D eigenvalue weighted by atomic mass is 15.1. The van der Waals surface area contributed by atoms with Gasteiger partial charge in [-0.25, -0.2) is 0 Å². The Hall–Kier alpha value is -2.16. The summed E-state index contributed by atoms with van der Waals surface area (Å²) in [7, 11) is 4.01. The van der Waals surface area contributed by atoms with Crippen LogP contribution >= 0.6 is 0 Å². The van der Waals surface area contributed by atoms with Gasteiger partial charge in [0, 0.05) is 19.3 Å². The number of nitrogen functional groups attached to an aromatic ring is 2. The minimum absolute atomic E-state index is 0.649. The maximum atomic E-state index is 5.91. The molecular weight excluding hydrogens is 210 g/mol. The minimum Gasteiger partial charge on any atom is -0.399 e. The number of anilines is 3. The molecule has 0 saturated carbocycles. The molecular formula is C14H16N3. The van der Waals surface area contributed by atoms with Gasteiger partial charge in [-0.15, -0.1) is 0 Å². The summed E-state index contributed by atoms with van der Waals surface area (Å²) >= 11 is 0. The fourth-order valence-corrected chi connectivity index (χ4v) is 1.75. The molecule has 0 bridgehead atoms. The molecule has 2 rings (SSSR count). The van der Waals surface area contributed by atoms with Gasteiger partial charge in [0.2, 0.25) is 0 Å². The molecule has 0 spiro atoms. The lowest BCUT2D eigenvalue weighted by Gasteiger charge is -2.21. The molecule has 0 heterocycles. The monoisotopic (exact) mass is 226 g/mol. The van der Waals surface area contributed by atoms with Crippen molar-refractivity contribution in [3.63, 3.8) is 0 Å². The normalized spacial score (nSPS) is 10.2. The first-order chi connectivity index (χ1) is 8.16. The third kappa shape index (κ3) is 2.69. The van der Waals surface area contributed by atoms with Crippen molar-refractivity contribution in [1.82, 2.24) is 0 Å². The Labute approximate surface area is 102 Å². The second-order valence-electron chi connectivity index (χ2n) is 4.00. The predicted octanol–water partition coefficient (Wildman–Crippen LogP) is 2.65. The van der Waals surface area contributed by atoms with Crippen LogP contribution in [0.3, 0.4) is 0 Å². The Balaban J connectivity index is 2.17. The highest BCUT2D eigenvalue weighted by Gasteiger charge is 2.06. The van der Waals surface area contributed by atoms with Gasteiger partial charge in [-0.05, 0) is 23.8 Å². The van der Waals surface area contributed by atoms with Gasteiger partial charge >= 0.3 is 0 Å². The molecule has 0 fully saturated rings. The first kappa shape index (κ1) is 11.3. The van der Waals surface area contributed by atoms with Gasteiger partial charge in [-0.1, -0.05) is 30.3 Å². The summed E-state index contributed by atoms with van der Waals surface area (Å²) < 4.78 is 0. The predicted molar refractivity (Wildman–Crippen MR) is 73.2 cm³/mol. The van der Waals surface area contributed by atoms with Crippen molar-refractivity contribution in [2.75, 3.05) is 16.4 Å². The first-order valence-corrected chi connectivity index (χ1v) is 5.44. The van der Waals surface area contributed by atoms with Gasteiger partial charge in [-0.3, -0.25) is 0 Å². The number of rotatable bonds is 3. The molecule has 0 amide bonds. The fraction of sp³-hybridized carbons (Fsp3) is 0.0714. The summed E-state index contributed by atoms with van der Waals surface area (Å²) in [6.07, 6.45) is 0. The van der Waals surface area contributed by atoms with E-state index in [0.29, 0.717) is 11.4 Å². The van der Waals surface area contributed by atoms with Crippen LogP contribution in [0.5, 0.6) is 0 Å². The van der Waals surface area contributed by atoms with Crippen LogP contribution in [0, 0.1) is 7.05 Å². The SMILES string of the molecule is [CH2]N(Cc1ccccc1)c1ccc(N)cc1N. The van der Waals surface area contributed by atoms with Crippen LogP contribution < -0.4 is 16.4 Å². The number of hydrogen-bond acceptors (Lipinski definition) is 3. The molecule has 4 N–H and O–H groups in total. The highest BCUT2D eigenvalue weighted by Crippen LogP contribution is 2.26. The lowest BCUT2D eigenvalue weighted by atomic mass is 10.2. The molecule has 1 radical (unpaired) electrons. The van der Waals surface area contributed by atoms with Crippen molar-refractivity contribution in [3.05, 3.63) is 61.1 Å². The molecule has 0 aliphatic rings. The number of benzene rings is 2. The van der Waals surface area contributed by atoms with E-state index in [9.17, 15) is 0 Å². The van der Waals surface area contributed by atoms with Gasteiger partial charge in [0.05, 0.1) is 11.4 Å². The molecule has 2 aromatic carbocycles. The number of nitrogens with zero attached hydrogens (tertiary/aromatic N) is 1. The molecule has 3 nitrogen and oxygen atoms in total. The van der Waals surface area contributed by atoms with Gasteiger partial charge in [0.25, 0.3) is 0 Å². The van der Waals surface area contributed by atoms with Crippen LogP contribution in [0.4, 0.5) is 17.1 Å². The van der Waals surface area contributed by atoms with E-state index in [-0.39, 0.29) is 0 Å². The van der Waals surface area contributed by atoms with E-state index >= 15 is 0 Å². The van der Waals surface area contributed by atoms with Crippen LogP contribution in [0.25, 0.3) is 0 Å². The average Bonchev–Trinajstić information content (AvgIpc) is 2.30. The summed E-state index contributed by atoms with van der Waals surface area (Å²) in [4.78, 5) is 1.87. The Bertz CT molecular complexity index is 494. The van der Waals surface area contributed by atoms with Crippen molar-refractivity contribution < 1.29 is 0 Å². The molecule has 0 aliphatic carbocycles. The molecule has 87 valence electrons. The fourth-order valence-electron chi connectivity index (χ4n) is 1.75. The van der Waals surface area contributed by atoms with E-state index in [2.05, 4.69) is 19.2 Å². The van der Waals surface area contributed by atoms with Gasteiger partial charge in [0.1, 0.15) is 0 Å². The number of nitrogens with two attached hydrogens (primary N) is 2. The second kappa shape index (κ2) is 4.78. The molecule has 0 atom stereocenters. The maximum Gasteiger partial charge on any atom is 0.0605 e. The van der Waals surface area contributed by atoms with Gasteiger partial charge in [-0.2, -0.15) is 0 Å². The third-order valence-corrected chi connectivity index (χ3v) is 2.61. The van der Waals surface area contributed by atoms with Crippen LogP contribution in [-0.2, 0) is 6.54 Å². The molecule has 0 aliphatic heterocycles. The topological polar surface area (TPSA) is 55.3 Å². The molecule has 17 heavy (non-hydrogen) atoms. The smallest absolute Gasteiger partial charge is 0.0605 e. The van der Waals surface area contributed by atoms with Crippen molar-refractivity contribution in [1.29, 1.82) is 0 Å². The third-order valence-electron chi connectivity index (χ3n) is 2.61. The van der Waals surface area contributed by atoms with Crippen LogP contribution in [-0.4, -0.2) is 0 Å². The average molecular weight is 226 g/mol. The van der Waals surface area contributed by atoms with E-state index in [1.807, 2.05) is 35.2 Å². The van der Waals surface area contributed by atoms with E-state index in [4.69, 9.17) is 11.5 Å². The van der Waals surface area contributed by atoms with E-state index in [0.717, 1.165) is 12.2 Å². The van der Waals surface area contributed by atoms with Crippen molar-refractivity contribution in [2.24, 2.45) is 0 Å². The zero-order chi connectivity index (χ0) is 12.3. The summed E-state index contributed by atoms with van der Waals surface area (Å²) in [5.41, 5.74) is 15.0. The van der Waals surface area contributed by atoms with E-state index < -0.39 is 0 Å². The Morgan fingerprint density at radius 2 is 1.71 bits per heavy atom. The lowest BCUT2D eigenvalue weighted by Crippen LogP contribution is -2.15. The summed E-state index contributed by atoms with van der Waals surface area (Å²) in [6.45, 7) is 0.717. The highest BCUT2D eigenvalue weighted by molar-refractivity contribution is 5.72. The zero-order valence-corrected chi connectivity index (χ0v) is 9.63. The summed E-state index contributed by atoms with van der Waals surface area (Å²) in [6, 6.07) is 15.6. The Kier molecular flexibility index (Phi) is 3.19. The lowest BCUT2D eigenvalue weighted by molar-refractivity contribution is 0.967. The van der Waals surface area contributed by atoms with Crippen LogP contribution in [0.15, 0.2) is 48.5 Å². The Morgan fingerprint density at radius 3 is 2.35 bits per heavy atom. The minimum atomic E-state index is 0.649. The quantitative estimate of drug-likeness (QED) is 0.791. The zero-order valence-electron chi connectivity index (χ0n) is 9.63. The molecule has 0 unspecified atom stereocenters. The summed E-state index contributed by atoms with van der Waals surface area (Å²) in [5.74, 6) is 0. The number of hydrogen-bond donors (Lipinski definition) is 2. The Morgan fingerprint density at radius 1 is 1.00 bits per heavy atom. The standard InChI is InChI=1S/C14H16N3/c1-17(10-11-5-3-2-4-6-11)14-8-7-12(15)9-13(14)16/h2-9H,1,10,15-16H2. The van der Waals surface area contributed by atoms with Crippen molar-refractivity contribution in [3.8, 4) is 0 Å². The largest absolute Gasteiger partial charge is 0.399 e. The van der Waals surface area contributed by atoms with E-state index in [1.54, 1.807) is 6.07 Å². The van der Waals surface area contributed by atoms with Gasteiger partial charge < -0.3 is 16.4 Å². The van der Waals surface area contributed by atoms with Crippen LogP contribution in [0.2, 0.25) is 0 Å². The molecule has 0 aromatic heterocycles. The maximum absolute atomic E-state index is 5.91. The molecule has 0 saturated heterocycles. The van der Waals surface area contributed by atoms with Crippen molar-refractivity contribution >= 4 is 17.1 Å².